The maximum atomic E-state index is 12.0. The molecule has 0 aliphatic heterocycles. The lowest BCUT2D eigenvalue weighted by Crippen LogP contribution is -2.26. The number of halogens is 3. The fourth-order valence-corrected chi connectivity index (χ4v) is 2.27. The molecular formula is C12H17F3N4S. The summed E-state index contributed by atoms with van der Waals surface area (Å²) in [6.45, 7) is 1.11. The third-order valence-electron chi connectivity index (χ3n) is 2.35. The van der Waals surface area contributed by atoms with Gasteiger partial charge < -0.3 is 16.8 Å². The Kier molecular flexibility index (Phi) is 6.15. The van der Waals surface area contributed by atoms with E-state index in [1.807, 2.05) is 13.0 Å². The number of thioether (sulfide) groups is 1. The number of nitrogens with two attached hydrogens (primary N) is 2. The number of nitrogens with zero attached hydrogens (tertiary/aromatic N) is 1. The number of anilines is 1. The minimum absolute atomic E-state index is 0.258. The van der Waals surface area contributed by atoms with Gasteiger partial charge in [-0.3, -0.25) is 0 Å². The van der Waals surface area contributed by atoms with Crippen LogP contribution in [-0.2, 0) is 0 Å². The van der Waals surface area contributed by atoms with Gasteiger partial charge in [0.1, 0.15) is 6.54 Å². The van der Waals surface area contributed by atoms with Crippen molar-refractivity contribution >= 4 is 23.4 Å². The molecule has 0 heterocycles. The number of benzene rings is 1. The van der Waals surface area contributed by atoms with Crippen molar-refractivity contribution in [2.45, 2.75) is 18.0 Å². The van der Waals surface area contributed by atoms with Gasteiger partial charge in [-0.25, -0.2) is 4.99 Å². The summed E-state index contributed by atoms with van der Waals surface area (Å²) < 4.78 is 36.1. The van der Waals surface area contributed by atoms with Crippen LogP contribution in [0, 0.1) is 6.92 Å². The molecule has 4 nitrogen and oxygen atoms in total. The molecule has 20 heavy (non-hydrogen) atoms. The average molecular weight is 306 g/mol. The summed E-state index contributed by atoms with van der Waals surface area (Å²) in [4.78, 5) is 4.26. The molecular weight excluding hydrogens is 289 g/mol. The Labute approximate surface area is 119 Å². The molecule has 1 aromatic carbocycles. The lowest BCUT2D eigenvalue weighted by Gasteiger charge is -2.12. The topological polar surface area (TPSA) is 76.4 Å². The summed E-state index contributed by atoms with van der Waals surface area (Å²) in [5.74, 6) is 0.508. The van der Waals surface area contributed by atoms with E-state index in [9.17, 15) is 13.2 Å². The lowest BCUT2D eigenvalue weighted by molar-refractivity contribution is -0.118. The summed E-state index contributed by atoms with van der Waals surface area (Å²) in [5, 5.41) is 2.68. The molecule has 1 rings (SSSR count). The molecule has 5 N–H and O–H groups in total. The minimum Gasteiger partial charge on any atom is -0.370 e. The molecule has 8 heteroatoms. The van der Waals surface area contributed by atoms with E-state index in [1.54, 1.807) is 23.9 Å². The fraction of sp³-hybridized carbons (Fsp3) is 0.417. The highest BCUT2D eigenvalue weighted by atomic mass is 32.2. The van der Waals surface area contributed by atoms with Crippen molar-refractivity contribution in [3.05, 3.63) is 23.8 Å². The third-order valence-corrected chi connectivity index (χ3v) is 3.54. The number of nitrogens with one attached hydrogen (secondary N) is 1. The van der Waals surface area contributed by atoms with E-state index in [0.717, 1.165) is 16.2 Å². The van der Waals surface area contributed by atoms with Crippen molar-refractivity contribution < 1.29 is 13.2 Å². The van der Waals surface area contributed by atoms with Crippen LogP contribution in [0.1, 0.15) is 5.56 Å². The quantitative estimate of drug-likeness (QED) is 0.443. The molecule has 0 aliphatic rings. The van der Waals surface area contributed by atoms with Crippen molar-refractivity contribution in [3.8, 4) is 0 Å². The molecule has 1 aromatic rings. The van der Waals surface area contributed by atoms with Crippen LogP contribution < -0.4 is 16.8 Å². The Morgan fingerprint density at radius 1 is 1.40 bits per heavy atom. The summed E-state index contributed by atoms with van der Waals surface area (Å²) >= 11 is 1.58. The van der Waals surface area contributed by atoms with Gasteiger partial charge in [0.15, 0.2) is 5.96 Å². The number of guanidine groups is 1. The first-order chi connectivity index (χ1) is 9.33. The number of rotatable bonds is 5. The maximum Gasteiger partial charge on any atom is 0.408 e. The molecule has 0 amide bonds. The van der Waals surface area contributed by atoms with Gasteiger partial charge in [-0.1, -0.05) is 6.07 Å². The van der Waals surface area contributed by atoms with E-state index in [4.69, 9.17) is 11.5 Å². The predicted octanol–water partition coefficient (Wildman–Crippen LogP) is 2.33. The number of hydrogen-bond acceptors (Lipinski definition) is 3. The summed E-state index contributed by atoms with van der Waals surface area (Å²) in [6, 6.07) is 5.45. The van der Waals surface area contributed by atoms with Crippen molar-refractivity contribution in [1.82, 2.24) is 0 Å². The van der Waals surface area contributed by atoms with Gasteiger partial charge in [-0.05, 0) is 24.6 Å². The van der Waals surface area contributed by atoms with Crippen LogP contribution in [0.25, 0.3) is 0 Å². The monoisotopic (exact) mass is 306 g/mol. The maximum absolute atomic E-state index is 12.0. The summed E-state index contributed by atoms with van der Waals surface area (Å²) in [6.07, 6.45) is -4.36. The number of aliphatic imine (C=N–C) groups is 1. The number of alkyl halides is 3. The van der Waals surface area contributed by atoms with E-state index < -0.39 is 12.7 Å². The van der Waals surface area contributed by atoms with Gasteiger partial charge >= 0.3 is 6.18 Å². The molecule has 0 fully saturated rings. The predicted molar refractivity (Wildman–Crippen MR) is 77.1 cm³/mol. The smallest absolute Gasteiger partial charge is 0.370 e. The zero-order valence-electron chi connectivity index (χ0n) is 11.0. The molecule has 0 saturated heterocycles. The van der Waals surface area contributed by atoms with Gasteiger partial charge in [0.05, 0.1) is 0 Å². The summed E-state index contributed by atoms with van der Waals surface area (Å²) in [7, 11) is 0. The first kappa shape index (κ1) is 16.6. The fourth-order valence-electron chi connectivity index (χ4n) is 1.43. The molecule has 0 aromatic heterocycles. The highest BCUT2D eigenvalue weighted by Crippen LogP contribution is 2.27. The highest BCUT2D eigenvalue weighted by Gasteiger charge is 2.26. The van der Waals surface area contributed by atoms with Crippen LogP contribution in [-0.4, -0.2) is 31.0 Å². The van der Waals surface area contributed by atoms with E-state index in [2.05, 4.69) is 10.3 Å². The van der Waals surface area contributed by atoms with Crippen LogP contribution >= 0.6 is 11.8 Å². The van der Waals surface area contributed by atoms with Gasteiger partial charge in [-0.2, -0.15) is 13.2 Å². The molecule has 0 bridgehead atoms. The lowest BCUT2D eigenvalue weighted by atomic mass is 10.2. The largest absolute Gasteiger partial charge is 0.408 e. The molecule has 112 valence electrons. The van der Waals surface area contributed by atoms with Crippen LogP contribution in [0.3, 0.4) is 0 Å². The zero-order valence-corrected chi connectivity index (χ0v) is 11.8. The van der Waals surface area contributed by atoms with Crippen LogP contribution in [0.2, 0.25) is 0 Å². The van der Waals surface area contributed by atoms with Crippen molar-refractivity contribution in [3.63, 3.8) is 0 Å². The average Bonchev–Trinajstić information content (AvgIpc) is 2.37. The molecule has 0 atom stereocenters. The Hall–Kier alpha value is -1.41. The molecule has 0 aliphatic carbocycles. The SMILES string of the molecule is Cc1c(NC(N)=NCC(F)(F)F)cccc1SCCN. The Balaban J connectivity index is 2.77. The first-order valence-corrected chi connectivity index (χ1v) is 6.88. The minimum atomic E-state index is -4.36. The van der Waals surface area contributed by atoms with Crippen molar-refractivity contribution in [1.29, 1.82) is 0 Å². The van der Waals surface area contributed by atoms with Gasteiger partial charge in [-0.15, -0.1) is 11.8 Å². The van der Waals surface area contributed by atoms with E-state index in [0.29, 0.717) is 12.2 Å². The van der Waals surface area contributed by atoms with Gasteiger partial charge in [0.25, 0.3) is 0 Å². The standard InChI is InChI=1S/C12H17F3N4S/c1-8-9(3-2-4-10(8)20-6-5-16)19-11(17)18-7-12(13,14)15/h2-4H,5-7,16H2,1H3,(H3,17,18,19). The molecule has 0 spiro atoms. The summed E-state index contributed by atoms with van der Waals surface area (Å²) in [5.41, 5.74) is 12.4. The van der Waals surface area contributed by atoms with Crippen molar-refractivity contribution in [2.75, 3.05) is 24.2 Å². The molecule has 0 radical (unpaired) electrons. The highest BCUT2D eigenvalue weighted by molar-refractivity contribution is 7.99. The van der Waals surface area contributed by atoms with Crippen LogP contribution in [0.15, 0.2) is 28.1 Å². The third kappa shape index (κ3) is 5.70. The van der Waals surface area contributed by atoms with Crippen LogP contribution in [0.5, 0.6) is 0 Å². The Morgan fingerprint density at radius 2 is 2.10 bits per heavy atom. The Morgan fingerprint density at radius 3 is 2.70 bits per heavy atom. The normalized spacial score (nSPS) is 12.6. The van der Waals surface area contributed by atoms with Gasteiger partial charge in [0, 0.05) is 22.9 Å². The van der Waals surface area contributed by atoms with E-state index >= 15 is 0 Å². The first-order valence-electron chi connectivity index (χ1n) is 5.89. The molecule has 0 saturated carbocycles. The van der Waals surface area contributed by atoms with E-state index in [1.165, 1.54) is 0 Å². The second kappa shape index (κ2) is 7.39. The molecule has 0 unspecified atom stereocenters. The van der Waals surface area contributed by atoms with E-state index in [-0.39, 0.29) is 5.96 Å². The van der Waals surface area contributed by atoms with Crippen molar-refractivity contribution in [2.24, 2.45) is 16.5 Å². The Bertz CT molecular complexity index is 474. The zero-order chi connectivity index (χ0) is 15.2. The second-order valence-corrected chi connectivity index (χ2v) is 5.14. The second-order valence-electron chi connectivity index (χ2n) is 4.01. The van der Waals surface area contributed by atoms with Crippen LogP contribution in [0.4, 0.5) is 18.9 Å². The number of hydrogen-bond donors (Lipinski definition) is 3. The van der Waals surface area contributed by atoms with Gasteiger partial charge in [0.2, 0.25) is 0 Å².